The first kappa shape index (κ1) is 14.5. The Morgan fingerprint density at radius 3 is 2.35 bits per heavy atom. The number of carbonyl (C=O) groups excluding carboxylic acids is 1. The number of nitro groups is 1. The molecule has 0 saturated heterocycles. The molecule has 5 nitrogen and oxygen atoms in total. The van der Waals surface area contributed by atoms with Crippen LogP contribution in [-0.4, -0.2) is 10.7 Å². The van der Waals surface area contributed by atoms with Crippen molar-refractivity contribution >= 4 is 44.7 Å². The first-order valence-corrected chi connectivity index (χ1v) is 6.61. The molecule has 2 rings (SSSR count). The monoisotopic (exact) mass is 354 g/mol. The third-order valence-electron chi connectivity index (χ3n) is 2.67. The molecule has 2 aromatic carbocycles. The van der Waals surface area contributed by atoms with Gasteiger partial charge >= 0.3 is 0 Å². The average Bonchev–Trinajstić information content (AvgIpc) is 2.41. The SMILES string of the molecule is Nc1c(Br)cc(C(=O)c2ccc(Cl)cc2)cc1[N+](=O)[O-]. The summed E-state index contributed by atoms with van der Waals surface area (Å²) >= 11 is 8.87. The summed E-state index contributed by atoms with van der Waals surface area (Å²) in [4.78, 5) is 22.5. The van der Waals surface area contributed by atoms with E-state index in [9.17, 15) is 14.9 Å². The second-order valence-corrected chi connectivity index (χ2v) is 5.27. The summed E-state index contributed by atoms with van der Waals surface area (Å²) in [7, 11) is 0. The van der Waals surface area contributed by atoms with Crippen molar-refractivity contribution in [2.45, 2.75) is 0 Å². The molecule has 2 aromatic rings. The van der Waals surface area contributed by atoms with Crippen LogP contribution in [0.1, 0.15) is 15.9 Å². The van der Waals surface area contributed by atoms with Crippen LogP contribution in [0.3, 0.4) is 0 Å². The maximum absolute atomic E-state index is 12.3. The number of rotatable bonds is 3. The molecule has 0 fully saturated rings. The van der Waals surface area contributed by atoms with Crippen molar-refractivity contribution in [3.63, 3.8) is 0 Å². The van der Waals surface area contributed by atoms with Crippen LogP contribution in [0.25, 0.3) is 0 Å². The van der Waals surface area contributed by atoms with E-state index in [4.69, 9.17) is 17.3 Å². The summed E-state index contributed by atoms with van der Waals surface area (Å²) < 4.78 is 0.309. The predicted molar refractivity (Wildman–Crippen MR) is 80.1 cm³/mol. The Morgan fingerprint density at radius 2 is 1.80 bits per heavy atom. The molecule has 0 bridgehead atoms. The smallest absolute Gasteiger partial charge is 0.294 e. The lowest BCUT2D eigenvalue weighted by atomic mass is 10.0. The first-order chi connectivity index (χ1) is 9.40. The van der Waals surface area contributed by atoms with Gasteiger partial charge in [-0.25, -0.2) is 0 Å². The quantitative estimate of drug-likeness (QED) is 0.392. The Balaban J connectivity index is 2.50. The summed E-state index contributed by atoms with van der Waals surface area (Å²) in [5.41, 5.74) is 5.84. The Labute approximate surface area is 127 Å². The van der Waals surface area contributed by atoms with Crippen molar-refractivity contribution in [2.24, 2.45) is 0 Å². The molecule has 0 spiro atoms. The van der Waals surface area contributed by atoms with Crippen LogP contribution in [0.5, 0.6) is 0 Å². The number of anilines is 1. The van der Waals surface area contributed by atoms with Crippen molar-refractivity contribution in [2.75, 3.05) is 5.73 Å². The largest absolute Gasteiger partial charge is 0.392 e. The maximum Gasteiger partial charge on any atom is 0.294 e. The van der Waals surface area contributed by atoms with Gasteiger partial charge in [0.15, 0.2) is 5.78 Å². The maximum atomic E-state index is 12.3. The molecule has 0 atom stereocenters. The fourth-order valence-corrected chi connectivity index (χ4v) is 2.23. The van der Waals surface area contributed by atoms with Crippen molar-refractivity contribution in [1.29, 1.82) is 0 Å². The number of benzene rings is 2. The van der Waals surface area contributed by atoms with Gasteiger partial charge in [-0.2, -0.15) is 0 Å². The van der Waals surface area contributed by atoms with E-state index in [1.54, 1.807) is 24.3 Å². The van der Waals surface area contributed by atoms with E-state index in [2.05, 4.69) is 15.9 Å². The van der Waals surface area contributed by atoms with E-state index in [1.165, 1.54) is 6.07 Å². The molecule has 0 radical (unpaired) electrons. The number of nitro benzene ring substituents is 1. The Kier molecular flexibility index (Phi) is 4.06. The van der Waals surface area contributed by atoms with E-state index in [-0.39, 0.29) is 22.7 Å². The number of nitrogens with zero attached hydrogens (tertiary/aromatic N) is 1. The highest BCUT2D eigenvalue weighted by molar-refractivity contribution is 9.10. The first-order valence-electron chi connectivity index (χ1n) is 5.44. The van der Waals surface area contributed by atoms with Gasteiger partial charge in [0.2, 0.25) is 0 Å². The van der Waals surface area contributed by atoms with Crippen molar-refractivity contribution < 1.29 is 9.72 Å². The van der Waals surface area contributed by atoms with Gasteiger partial charge in [-0.1, -0.05) is 11.6 Å². The van der Waals surface area contributed by atoms with E-state index in [0.29, 0.717) is 15.1 Å². The van der Waals surface area contributed by atoms with E-state index >= 15 is 0 Å². The Hall–Kier alpha value is -1.92. The molecule has 0 aromatic heterocycles. The molecular formula is C13H8BrClN2O3. The standard InChI is InChI=1S/C13H8BrClN2O3/c14-10-5-8(6-11(12(10)16)17(19)20)13(18)7-1-3-9(15)4-2-7/h1-6H,16H2. The second kappa shape index (κ2) is 5.60. The number of nitrogens with two attached hydrogens (primary N) is 1. The third kappa shape index (κ3) is 2.81. The highest BCUT2D eigenvalue weighted by Crippen LogP contribution is 2.32. The zero-order chi connectivity index (χ0) is 14.9. The van der Waals surface area contributed by atoms with Gasteiger partial charge in [0.1, 0.15) is 5.69 Å². The van der Waals surface area contributed by atoms with Crippen LogP contribution in [-0.2, 0) is 0 Å². The number of nitrogen functional groups attached to an aromatic ring is 1. The van der Waals surface area contributed by atoms with E-state index < -0.39 is 4.92 Å². The third-order valence-corrected chi connectivity index (χ3v) is 3.58. The number of carbonyl (C=O) groups is 1. The lowest BCUT2D eigenvalue weighted by Gasteiger charge is -2.05. The molecule has 0 aliphatic heterocycles. The molecule has 102 valence electrons. The predicted octanol–water partition coefficient (Wildman–Crippen LogP) is 3.82. The number of ketones is 1. The van der Waals surface area contributed by atoms with Crippen LogP contribution in [0, 0.1) is 10.1 Å². The van der Waals surface area contributed by atoms with E-state index in [1.807, 2.05) is 0 Å². The van der Waals surface area contributed by atoms with Gasteiger partial charge in [0.05, 0.1) is 4.92 Å². The van der Waals surface area contributed by atoms with E-state index in [0.717, 1.165) is 6.07 Å². The minimum atomic E-state index is -0.626. The minimum absolute atomic E-state index is 0.0114. The summed E-state index contributed by atoms with van der Waals surface area (Å²) in [5, 5.41) is 11.4. The Bertz CT molecular complexity index is 702. The van der Waals surface area contributed by atoms with Crippen molar-refractivity contribution in [1.82, 2.24) is 0 Å². The molecule has 0 unspecified atom stereocenters. The lowest BCUT2D eigenvalue weighted by Crippen LogP contribution is -2.04. The molecular weight excluding hydrogens is 348 g/mol. The number of hydrogen-bond acceptors (Lipinski definition) is 4. The summed E-state index contributed by atoms with van der Waals surface area (Å²) in [6.07, 6.45) is 0. The van der Waals surface area contributed by atoms with Gasteiger partial charge in [0, 0.05) is 26.7 Å². The van der Waals surface area contributed by atoms with Gasteiger partial charge in [-0.3, -0.25) is 14.9 Å². The summed E-state index contributed by atoms with van der Waals surface area (Å²) in [6, 6.07) is 8.89. The van der Waals surface area contributed by atoms with Crippen LogP contribution in [0.4, 0.5) is 11.4 Å². The summed E-state index contributed by atoms with van der Waals surface area (Å²) in [5.74, 6) is -0.342. The van der Waals surface area contributed by atoms with Gasteiger partial charge in [-0.05, 0) is 46.3 Å². The number of halogens is 2. The minimum Gasteiger partial charge on any atom is -0.392 e. The van der Waals surface area contributed by atoms with Crippen LogP contribution in [0.15, 0.2) is 40.9 Å². The second-order valence-electron chi connectivity index (χ2n) is 3.98. The summed E-state index contributed by atoms with van der Waals surface area (Å²) in [6.45, 7) is 0. The molecule has 0 aliphatic rings. The average molecular weight is 356 g/mol. The topological polar surface area (TPSA) is 86.2 Å². The zero-order valence-electron chi connectivity index (χ0n) is 9.97. The molecule has 20 heavy (non-hydrogen) atoms. The van der Waals surface area contributed by atoms with Crippen LogP contribution < -0.4 is 5.73 Å². The van der Waals surface area contributed by atoms with Gasteiger partial charge in [0.25, 0.3) is 5.69 Å². The Morgan fingerprint density at radius 1 is 1.20 bits per heavy atom. The fourth-order valence-electron chi connectivity index (χ4n) is 1.65. The highest BCUT2D eigenvalue weighted by Gasteiger charge is 2.19. The van der Waals surface area contributed by atoms with Gasteiger partial charge in [-0.15, -0.1) is 0 Å². The lowest BCUT2D eigenvalue weighted by molar-refractivity contribution is -0.384. The fraction of sp³-hybridized carbons (Fsp3) is 0. The zero-order valence-corrected chi connectivity index (χ0v) is 12.3. The molecule has 0 saturated carbocycles. The normalized spacial score (nSPS) is 10.3. The van der Waals surface area contributed by atoms with Crippen LogP contribution >= 0.6 is 27.5 Å². The molecule has 0 heterocycles. The molecule has 7 heteroatoms. The molecule has 2 N–H and O–H groups in total. The van der Waals surface area contributed by atoms with Gasteiger partial charge < -0.3 is 5.73 Å². The van der Waals surface area contributed by atoms with Crippen molar-refractivity contribution in [3.05, 3.63) is 67.1 Å². The number of hydrogen-bond donors (Lipinski definition) is 1. The molecule has 0 aliphatic carbocycles. The highest BCUT2D eigenvalue weighted by atomic mass is 79.9. The van der Waals surface area contributed by atoms with Crippen molar-refractivity contribution in [3.8, 4) is 0 Å². The van der Waals surface area contributed by atoms with Crippen LogP contribution in [0.2, 0.25) is 5.02 Å². The molecule has 0 amide bonds.